The number of hydrogen-bond donors (Lipinski definition) is 1. The van der Waals surface area contributed by atoms with Gasteiger partial charge in [0.25, 0.3) is 0 Å². The fraction of sp³-hybridized carbons (Fsp3) is 0.571. The number of fused-ring (bicyclic) bond motifs is 3. The lowest BCUT2D eigenvalue weighted by atomic mass is 10.1. The van der Waals surface area contributed by atoms with Crippen molar-refractivity contribution >= 4 is 21.6 Å². The summed E-state index contributed by atoms with van der Waals surface area (Å²) in [6, 6.07) is 4.22. The van der Waals surface area contributed by atoms with E-state index in [1.165, 1.54) is 18.2 Å². The average molecular weight is 348 g/mol. The number of piperazine rings is 3. The molecule has 3 aliphatic rings. The Labute approximate surface area is 135 Å². The highest BCUT2D eigenvalue weighted by molar-refractivity contribution is 7.88. The van der Waals surface area contributed by atoms with Gasteiger partial charge in [0, 0.05) is 45.3 Å². The van der Waals surface area contributed by atoms with E-state index in [-0.39, 0.29) is 16.8 Å². The highest BCUT2D eigenvalue weighted by atomic mass is 35.5. The summed E-state index contributed by atoms with van der Waals surface area (Å²) >= 11 is 5.68. The normalized spacial score (nSPS) is 28.0. The van der Waals surface area contributed by atoms with Gasteiger partial charge in [0.15, 0.2) is 0 Å². The van der Waals surface area contributed by atoms with Crippen LogP contribution in [-0.4, -0.2) is 63.5 Å². The van der Waals surface area contributed by atoms with Crippen LogP contribution >= 0.6 is 11.6 Å². The van der Waals surface area contributed by atoms with Crippen LogP contribution < -0.4 is 4.72 Å². The molecule has 1 aromatic carbocycles. The van der Waals surface area contributed by atoms with E-state index in [2.05, 4.69) is 14.5 Å². The summed E-state index contributed by atoms with van der Waals surface area (Å²) in [6.45, 7) is 5.45. The first-order chi connectivity index (χ1) is 10.4. The molecule has 1 N–H and O–H groups in total. The lowest BCUT2D eigenvalue weighted by Gasteiger charge is -2.47. The van der Waals surface area contributed by atoms with Gasteiger partial charge in [-0.05, 0) is 17.7 Å². The Hall–Kier alpha value is -0.730. The first kappa shape index (κ1) is 16.1. The van der Waals surface area contributed by atoms with Crippen molar-refractivity contribution in [1.29, 1.82) is 0 Å². The minimum atomic E-state index is -3.46. The van der Waals surface area contributed by atoms with Crippen molar-refractivity contribution in [3.63, 3.8) is 0 Å². The maximum atomic E-state index is 13.1. The van der Waals surface area contributed by atoms with Gasteiger partial charge in [-0.15, -0.1) is 0 Å². The third-order valence-electron chi connectivity index (χ3n) is 4.27. The van der Waals surface area contributed by atoms with E-state index in [1.807, 2.05) is 0 Å². The zero-order valence-corrected chi connectivity index (χ0v) is 13.7. The maximum Gasteiger partial charge on any atom is 0.215 e. The van der Waals surface area contributed by atoms with Gasteiger partial charge in [0.1, 0.15) is 5.82 Å². The minimum Gasteiger partial charge on any atom is -0.299 e. The second-order valence-corrected chi connectivity index (χ2v) is 8.06. The van der Waals surface area contributed by atoms with Crippen LogP contribution in [0.3, 0.4) is 0 Å². The molecule has 8 heteroatoms. The molecule has 0 spiro atoms. The first-order valence-corrected chi connectivity index (χ1v) is 9.34. The molecule has 2 bridgehead atoms. The topological polar surface area (TPSA) is 52.7 Å². The van der Waals surface area contributed by atoms with Gasteiger partial charge in [-0.2, -0.15) is 0 Å². The Morgan fingerprint density at radius 1 is 1.27 bits per heavy atom. The van der Waals surface area contributed by atoms with E-state index >= 15 is 0 Å². The molecular weight excluding hydrogens is 329 g/mol. The second kappa shape index (κ2) is 6.41. The van der Waals surface area contributed by atoms with Gasteiger partial charge < -0.3 is 0 Å². The SMILES string of the molecule is O=S(=O)(Cc1ccc(F)c(Cl)c1)NCC1CN2CCN1CC2. The van der Waals surface area contributed by atoms with Crippen LogP contribution in [0.2, 0.25) is 5.02 Å². The summed E-state index contributed by atoms with van der Waals surface area (Å²) < 4.78 is 40.1. The standard InChI is InChI=1S/C14H19ClFN3O2S/c15-13-7-11(1-2-14(13)16)10-22(20,21)17-8-12-9-18-3-5-19(12)6-4-18/h1-2,7,12,17H,3-6,8-10H2. The number of halogens is 2. The number of nitrogens with one attached hydrogen (secondary N) is 1. The quantitative estimate of drug-likeness (QED) is 0.860. The third kappa shape index (κ3) is 3.78. The molecule has 0 aliphatic carbocycles. The predicted molar refractivity (Wildman–Crippen MR) is 83.8 cm³/mol. The molecule has 3 fully saturated rings. The van der Waals surface area contributed by atoms with Crippen LogP contribution in [0.25, 0.3) is 0 Å². The molecule has 1 aromatic rings. The van der Waals surface area contributed by atoms with Crippen LogP contribution in [0, 0.1) is 5.82 Å². The third-order valence-corrected chi connectivity index (χ3v) is 5.88. The van der Waals surface area contributed by atoms with E-state index in [0.717, 1.165) is 32.7 Å². The van der Waals surface area contributed by atoms with Gasteiger partial charge in [-0.25, -0.2) is 17.5 Å². The molecule has 3 saturated heterocycles. The molecule has 0 saturated carbocycles. The van der Waals surface area contributed by atoms with E-state index < -0.39 is 15.8 Å². The summed E-state index contributed by atoms with van der Waals surface area (Å²) in [5, 5.41) is -0.0591. The predicted octanol–water partition coefficient (Wildman–Crippen LogP) is 0.898. The minimum absolute atomic E-state index is 0.0591. The smallest absolute Gasteiger partial charge is 0.215 e. The van der Waals surface area contributed by atoms with Crippen molar-refractivity contribution in [3.05, 3.63) is 34.6 Å². The fourth-order valence-electron chi connectivity index (χ4n) is 3.04. The fourth-order valence-corrected chi connectivity index (χ4v) is 4.41. The van der Waals surface area contributed by atoms with Crippen LogP contribution in [0.1, 0.15) is 5.56 Å². The van der Waals surface area contributed by atoms with Crippen LogP contribution in [0.4, 0.5) is 4.39 Å². The average Bonchev–Trinajstić information content (AvgIpc) is 2.50. The molecule has 122 valence electrons. The zero-order chi connectivity index (χ0) is 15.7. The van der Waals surface area contributed by atoms with Gasteiger partial charge in [-0.3, -0.25) is 9.80 Å². The Morgan fingerprint density at radius 3 is 2.59 bits per heavy atom. The van der Waals surface area contributed by atoms with Crippen molar-refractivity contribution in [2.24, 2.45) is 0 Å². The highest BCUT2D eigenvalue weighted by Gasteiger charge is 2.32. The van der Waals surface area contributed by atoms with Crippen molar-refractivity contribution in [2.75, 3.05) is 39.3 Å². The largest absolute Gasteiger partial charge is 0.299 e. The summed E-state index contributed by atoms with van der Waals surface area (Å²) in [5.74, 6) is -0.737. The van der Waals surface area contributed by atoms with Crippen molar-refractivity contribution in [2.45, 2.75) is 11.8 Å². The number of benzene rings is 1. The van der Waals surface area contributed by atoms with Crippen LogP contribution in [-0.2, 0) is 15.8 Å². The second-order valence-electron chi connectivity index (χ2n) is 5.85. The Bertz CT molecular complexity index is 647. The molecular formula is C14H19ClFN3O2S. The maximum absolute atomic E-state index is 13.1. The van der Waals surface area contributed by atoms with Crippen LogP contribution in [0.15, 0.2) is 18.2 Å². The van der Waals surface area contributed by atoms with Gasteiger partial charge in [0.2, 0.25) is 10.0 Å². The molecule has 1 unspecified atom stereocenters. The molecule has 5 nitrogen and oxygen atoms in total. The molecule has 3 heterocycles. The van der Waals surface area contributed by atoms with Gasteiger partial charge in [-0.1, -0.05) is 17.7 Å². The van der Waals surface area contributed by atoms with E-state index in [1.54, 1.807) is 0 Å². The highest BCUT2D eigenvalue weighted by Crippen LogP contribution is 2.18. The van der Waals surface area contributed by atoms with Crippen molar-refractivity contribution in [1.82, 2.24) is 14.5 Å². The summed E-state index contributed by atoms with van der Waals surface area (Å²) in [7, 11) is -3.46. The van der Waals surface area contributed by atoms with Crippen molar-refractivity contribution in [3.8, 4) is 0 Å². The molecule has 3 aliphatic heterocycles. The van der Waals surface area contributed by atoms with E-state index in [9.17, 15) is 12.8 Å². The molecule has 0 aromatic heterocycles. The number of nitrogens with zero attached hydrogens (tertiary/aromatic N) is 2. The zero-order valence-electron chi connectivity index (χ0n) is 12.1. The lowest BCUT2D eigenvalue weighted by Crippen LogP contribution is -2.63. The molecule has 4 rings (SSSR count). The van der Waals surface area contributed by atoms with Gasteiger partial charge >= 0.3 is 0 Å². The molecule has 0 radical (unpaired) electrons. The molecule has 22 heavy (non-hydrogen) atoms. The number of sulfonamides is 1. The monoisotopic (exact) mass is 347 g/mol. The molecule has 1 atom stereocenters. The molecule has 0 amide bonds. The summed E-state index contributed by atoms with van der Waals surface area (Å²) in [5.41, 5.74) is 0.480. The number of rotatable bonds is 5. The summed E-state index contributed by atoms with van der Waals surface area (Å²) in [4.78, 5) is 4.69. The Morgan fingerprint density at radius 2 is 2.00 bits per heavy atom. The number of hydrogen-bond acceptors (Lipinski definition) is 4. The Kier molecular flexibility index (Phi) is 4.70. The van der Waals surface area contributed by atoms with Crippen molar-refractivity contribution < 1.29 is 12.8 Å². The van der Waals surface area contributed by atoms with Crippen LogP contribution in [0.5, 0.6) is 0 Å². The van der Waals surface area contributed by atoms with E-state index in [0.29, 0.717) is 12.1 Å². The van der Waals surface area contributed by atoms with Gasteiger partial charge in [0.05, 0.1) is 10.8 Å². The lowest BCUT2D eigenvalue weighted by molar-refractivity contribution is 0.0158. The Balaban J connectivity index is 1.58. The summed E-state index contributed by atoms with van der Waals surface area (Å²) in [6.07, 6.45) is 0. The van der Waals surface area contributed by atoms with E-state index in [4.69, 9.17) is 11.6 Å². The first-order valence-electron chi connectivity index (χ1n) is 7.31.